The second-order valence-electron chi connectivity index (χ2n) is 6.20. The lowest BCUT2D eigenvalue weighted by atomic mass is 9.84. The van der Waals surface area contributed by atoms with Crippen LogP contribution in [0.25, 0.3) is 0 Å². The van der Waals surface area contributed by atoms with Crippen LogP contribution in [0, 0.1) is 11.3 Å². The molecule has 96 valence electrons. The fourth-order valence-electron chi connectivity index (χ4n) is 2.08. The summed E-state index contributed by atoms with van der Waals surface area (Å²) in [5.41, 5.74) is 6.23. The van der Waals surface area contributed by atoms with Gasteiger partial charge in [0.2, 0.25) is 0 Å². The highest BCUT2D eigenvalue weighted by molar-refractivity contribution is 4.80. The maximum absolute atomic E-state index is 5.87. The van der Waals surface area contributed by atoms with Crippen molar-refractivity contribution in [3.05, 3.63) is 12.7 Å². The van der Waals surface area contributed by atoms with Gasteiger partial charge in [-0.3, -0.25) is 4.90 Å². The average Bonchev–Trinajstić information content (AvgIpc) is 2.13. The second kappa shape index (κ2) is 7.08. The standard InChI is InChI=1S/C14H30N2/c1-7-8-16(12(2)3)11-13(10-15)9-14(4,5)6/h7,12-13H,1,8-11,15H2,2-6H3. The summed E-state index contributed by atoms with van der Waals surface area (Å²) in [6.07, 6.45) is 3.16. The molecule has 0 amide bonds. The Morgan fingerprint density at radius 2 is 1.88 bits per heavy atom. The zero-order chi connectivity index (χ0) is 12.8. The van der Waals surface area contributed by atoms with Crippen molar-refractivity contribution < 1.29 is 0 Å². The summed E-state index contributed by atoms with van der Waals surface area (Å²) in [5.74, 6) is 0.586. The molecule has 1 unspecified atom stereocenters. The lowest BCUT2D eigenvalue weighted by Crippen LogP contribution is -2.39. The van der Waals surface area contributed by atoms with Gasteiger partial charge in [-0.25, -0.2) is 0 Å². The van der Waals surface area contributed by atoms with E-state index in [0.29, 0.717) is 17.4 Å². The zero-order valence-corrected chi connectivity index (χ0v) is 11.8. The van der Waals surface area contributed by atoms with Gasteiger partial charge in [-0.1, -0.05) is 26.8 Å². The minimum absolute atomic E-state index is 0.362. The summed E-state index contributed by atoms with van der Waals surface area (Å²) < 4.78 is 0. The van der Waals surface area contributed by atoms with Gasteiger partial charge in [0.1, 0.15) is 0 Å². The Kier molecular flexibility index (Phi) is 6.93. The van der Waals surface area contributed by atoms with Gasteiger partial charge < -0.3 is 5.73 Å². The maximum Gasteiger partial charge on any atom is 0.0163 e. The van der Waals surface area contributed by atoms with Gasteiger partial charge in [0.25, 0.3) is 0 Å². The van der Waals surface area contributed by atoms with E-state index in [2.05, 4.69) is 46.1 Å². The Bertz CT molecular complexity index is 191. The van der Waals surface area contributed by atoms with E-state index in [9.17, 15) is 0 Å². The first-order valence-corrected chi connectivity index (χ1v) is 6.35. The monoisotopic (exact) mass is 226 g/mol. The largest absolute Gasteiger partial charge is 0.330 e. The molecule has 0 spiro atoms. The van der Waals surface area contributed by atoms with E-state index in [1.165, 1.54) is 6.42 Å². The summed E-state index contributed by atoms with van der Waals surface area (Å²) >= 11 is 0. The SMILES string of the molecule is C=CCN(CC(CN)CC(C)(C)C)C(C)C. The molecule has 1 atom stereocenters. The second-order valence-corrected chi connectivity index (χ2v) is 6.20. The summed E-state index contributed by atoms with van der Waals surface area (Å²) in [6.45, 7) is 17.9. The van der Waals surface area contributed by atoms with Crippen LogP contribution in [0.5, 0.6) is 0 Å². The van der Waals surface area contributed by atoms with Crippen LogP contribution in [0.1, 0.15) is 41.0 Å². The van der Waals surface area contributed by atoms with Crippen molar-refractivity contribution in [1.29, 1.82) is 0 Å². The van der Waals surface area contributed by atoms with E-state index in [1.807, 2.05) is 6.08 Å². The molecule has 0 aromatic carbocycles. The first-order valence-electron chi connectivity index (χ1n) is 6.35. The third-order valence-electron chi connectivity index (χ3n) is 2.82. The number of nitrogens with two attached hydrogens (primary N) is 1. The smallest absolute Gasteiger partial charge is 0.0163 e. The molecule has 16 heavy (non-hydrogen) atoms. The normalized spacial score (nSPS) is 14.5. The molecule has 2 nitrogen and oxygen atoms in total. The molecule has 0 aliphatic carbocycles. The lowest BCUT2D eigenvalue weighted by Gasteiger charge is -2.32. The maximum atomic E-state index is 5.87. The fourth-order valence-corrected chi connectivity index (χ4v) is 2.08. The molecule has 0 saturated heterocycles. The van der Waals surface area contributed by atoms with E-state index in [4.69, 9.17) is 5.73 Å². The van der Waals surface area contributed by atoms with Gasteiger partial charge in [0.15, 0.2) is 0 Å². The Morgan fingerprint density at radius 3 is 2.19 bits per heavy atom. The van der Waals surface area contributed by atoms with Crippen molar-refractivity contribution in [3.63, 3.8) is 0 Å². The van der Waals surface area contributed by atoms with Crippen molar-refractivity contribution in [2.24, 2.45) is 17.1 Å². The van der Waals surface area contributed by atoms with Crippen molar-refractivity contribution in [2.75, 3.05) is 19.6 Å². The van der Waals surface area contributed by atoms with Crippen LogP contribution in [0.3, 0.4) is 0 Å². The minimum atomic E-state index is 0.362. The van der Waals surface area contributed by atoms with Crippen LogP contribution >= 0.6 is 0 Å². The van der Waals surface area contributed by atoms with Gasteiger partial charge in [-0.2, -0.15) is 0 Å². The summed E-state index contributed by atoms with van der Waals surface area (Å²) in [5, 5.41) is 0. The van der Waals surface area contributed by atoms with Gasteiger partial charge in [-0.05, 0) is 38.1 Å². The van der Waals surface area contributed by atoms with Gasteiger partial charge in [0.05, 0.1) is 0 Å². The molecule has 0 aromatic rings. The van der Waals surface area contributed by atoms with Crippen LogP contribution in [0.15, 0.2) is 12.7 Å². The molecule has 0 aliphatic rings. The highest BCUT2D eigenvalue weighted by Gasteiger charge is 2.20. The number of hydrogen-bond acceptors (Lipinski definition) is 2. The summed E-state index contributed by atoms with van der Waals surface area (Å²) in [4.78, 5) is 2.44. The number of hydrogen-bond donors (Lipinski definition) is 1. The fraction of sp³-hybridized carbons (Fsp3) is 0.857. The van der Waals surface area contributed by atoms with E-state index in [-0.39, 0.29) is 0 Å². The molecular weight excluding hydrogens is 196 g/mol. The van der Waals surface area contributed by atoms with Crippen LogP contribution in [0.4, 0.5) is 0 Å². The van der Waals surface area contributed by atoms with Crippen molar-refractivity contribution in [1.82, 2.24) is 4.90 Å². The highest BCUT2D eigenvalue weighted by atomic mass is 15.1. The Hall–Kier alpha value is -0.340. The first kappa shape index (κ1) is 15.7. The Morgan fingerprint density at radius 1 is 1.31 bits per heavy atom. The van der Waals surface area contributed by atoms with Crippen molar-refractivity contribution in [2.45, 2.75) is 47.1 Å². The molecule has 0 aliphatic heterocycles. The Labute approximate surface area is 102 Å². The molecule has 0 bridgehead atoms. The topological polar surface area (TPSA) is 29.3 Å². The average molecular weight is 226 g/mol. The van der Waals surface area contributed by atoms with Crippen molar-refractivity contribution >= 4 is 0 Å². The van der Waals surface area contributed by atoms with Gasteiger partial charge in [0, 0.05) is 19.1 Å². The molecule has 2 N–H and O–H groups in total. The summed E-state index contributed by atoms with van der Waals surface area (Å²) in [6, 6.07) is 0.562. The lowest BCUT2D eigenvalue weighted by molar-refractivity contribution is 0.177. The van der Waals surface area contributed by atoms with Gasteiger partial charge >= 0.3 is 0 Å². The van der Waals surface area contributed by atoms with E-state index < -0.39 is 0 Å². The Balaban J connectivity index is 4.31. The zero-order valence-electron chi connectivity index (χ0n) is 11.8. The van der Waals surface area contributed by atoms with E-state index in [0.717, 1.165) is 19.6 Å². The highest BCUT2D eigenvalue weighted by Crippen LogP contribution is 2.24. The van der Waals surface area contributed by atoms with Crippen LogP contribution in [-0.2, 0) is 0 Å². The minimum Gasteiger partial charge on any atom is -0.330 e. The van der Waals surface area contributed by atoms with E-state index in [1.54, 1.807) is 0 Å². The first-order chi connectivity index (χ1) is 7.30. The molecule has 0 saturated carbocycles. The predicted molar refractivity (Wildman–Crippen MR) is 73.5 cm³/mol. The molecule has 0 rings (SSSR count). The number of nitrogens with zero attached hydrogens (tertiary/aromatic N) is 1. The quantitative estimate of drug-likeness (QED) is 0.676. The summed E-state index contributed by atoms with van der Waals surface area (Å²) in [7, 11) is 0. The van der Waals surface area contributed by atoms with Crippen LogP contribution in [-0.4, -0.2) is 30.6 Å². The van der Waals surface area contributed by atoms with Crippen molar-refractivity contribution in [3.8, 4) is 0 Å². The molecular formula is C14H30N2. The van der Waals surface area contributed by atoms with Crippen LogP contribution in [0.2, 0.25) is 0 Å². The third-order valence-corrected chi connectivity index (χ3v) is 2.82. The molecule has 0 aromatic heterocycles. The number of rotatable bonds is 7. The van der Waals surface area contributed by atoms with Gasteiger partial charge in [-0.15, -0.1) is 6.58 Å². The molecule has 0 fully saturated rings. The van der Waals surface area contributed by atoms with Crippen LogP contribution < -0.4 is 5.73 Å². The van der Waals surface area contributed by atoms with E-state index >= 15 is 0 Å². The molecule has 2 heteroatoms. The predicted octanol–water partition coefficient (Wildman–Crippen LogP) is 2.89. The third kappa shape index (κ3) is 7.02. The molecule has 0 radical (unpaired) electrons. The molecule has 0 heterocycles.